The minimum Gasteiger partial charge on any atom is -0.350 e. The molecule has 0 aliphatic carbocycles. The van der Waals surface area contributed by atoms with E-state index in [9.17, 15) is 4.79 Å². The second-order valence-electron chi connectivity index (χ2n) is 3.72. The third kappa shape index (κ3) is 7.49. The summed E-state index contributed by atoms with van der Waals surface area (Å²) in [5, 5.41) is 3.73. The van der Waals surface area contributed by atoms with Gasteiger partial charge in [0.15, 0.2) is 0 Å². The van der Waals surface area contributed by atoms with Gasteiger partial charge in [0.05, 0.1) is 0 Å². The molecule has 0 radical (unpaired) electrons. The van der Waals surface area contributed by atoms with Crippen molar-refractivity contribution in [2.75, 3.05) is 0 Å². The van der Waals surface area contributed by atoms with Gasteiger partial charge in [-0.25, -0.2) is 10.2 Å². The Balaban J connectivity index is 4.28. The number of rotatable bonds is 5. The van der Waals surface area contributed by atoms with E-state index in [-0.39, 0.29) is 5.92 Å². The van der Waals surface area contributed by atoms with Crippen molar-refractivity contribution < 1.29 is 4.79 Å². The zero-order valence-electron chi connectivity index (χ0n) is 9.58. The van der Waals surface area contributed by atoms with Gasteiger partial charge in [-0.2, -0.15) is 5.10 Å². The molecule has 0 aromatic rings. The van der Waals surface area contributed by atoms with Crippen LogP contribution in [0, 0.1) is 5.92 Å². The molecule has 0 saturated heterocycles. The molecule has 1 atom stereocenters. The third-order valence-electron chi connectivity index (χ3n) is 1.84. The summed E-state index contributed by atoms with van der Waals surface area (Å²) in [7, 11) is 0. The van der Waals surface area contributed by atoms with Crippen molar-refractivity contribution in [2.24, 2.45) is 16.8 Å². The summed E-state index contributed by atoms with van der Waals surface area (Å²) < 4.78 is 0. The van der Waals surface area contributed by atoms with Crippen LogP contribution in [0.3, 0.4) is 0 Å². The van der Waals surface area contributed by atoms with Crippen molar-refractivity contribution in [3.8, 4) is 0 Å². The number of carbonyl (C=O) groups is 1. The molecule has 0 heterocycles. The maximum absolute atomic E-state index is 10.4. The van der Waals surface area contributed by atoms with Crippen molar-refractivity contribution in [1.82, 2.24) is 5.43 Å². The molecular weight excluding hydrogens is 190 g/mol. The van der Waals surface area contributed by atoms with Crippen molar-refractivity contribution in [1.29, 1.82) is 0 Å². The van der Waals surface area contributed by atoms with Gasteiger partial charge in [-0.3, -0.25) is 0 Å². The smallest absolute Gasteiger partial charge is 0.332 e. The summed E-state index contributed by atoms with van der Waals surface area (Å²) in [5.41, 5.74) is 9.29. The zero-order chi connectivity index (χ0) is 11.8. The van der Waals surface area contributed by atoms with Crippen LogP contribution in [-0.2, 0) is 0 Å². The fraction of sp³-hybridized carbons (Fsp3) is 0.455. The molecule has 4 heteroatoms. The number of hydrogen-bond acceptors (Lipinski definition) is 2. The van der Waals surface area contributed by atoms with E-state index in [1.807, 2.05) is 20.8 Å². The molecule has 3 N–H and O–H groups in total. The molecule has 0 bridgehead atoms. The Hall–Kier alpha value is -1.58. The molecule has 2 amide bonds. The zero-order valence-corrected chi connectivity index (χ0v) is 9.58. The highest BCUT2D eigenvalue weighted by molar-refractivity contribution is 5.73. The summed E-state index contributed by atoms with van der Waals surface area (Å²) in [4.78, 5) is 10.4. The Kier molecular flexibility index (Phi) is 6.09. The fourth-order valence-corrected chi connectivity index (χ4v) is 0.943. The average molecular weight is 209 g/mol. The van der Waals surface area contributed by atoms with E-state index in [0.717, 1.165) is 12.0 Å². The number of hydrogen-bond donors (Lipinski definition) is 2. The number of nitrogens with zero attached hydrogens (tertiary/aromatic N) is 1. The van der Waals surface area contributed by atoms with Crippen LogP contribution in [0.2, 0.25) is 0 Å². The van der Waals surface area contributed by atoms with Crippen LogP contribution < -0.4 is 11.2 Å². The Morgan fingerprint density at radius 1 is 1.53 bits per heavy atom. The van der Waals surface area contributed by atoms with Crippen LogP contribution in [0.4, 0.5) is 4.79 Å². The predicted molar refractivity (Wildman–Crippen MR) is 63.6 cm³/mol. The molecule has 4 nitrogen and oxygen atoms in total. The highest BCUT2D eigenvalue weighted by atomic mass is 16.2. The second-order valence-corrected chi connectivity index (χ2v) is 3.72. The van der Waals surface area contributed by atoms with Gasteiger partial charge in [-0.05, 0) is 27.2 Å². The first-order valence-electron chi connectivity index (χ1n) is 4.81. The maximum Gasteiger partial charge on any atom is 0.332 e. The summed E-state index contributed by atoms with van der Waals surface area (Å²) >= 11 is 0. The number of nitrogens with two attached hydrogens (primary N) is 1. The minimum absolute atomic E-state index is 0.131. The SMILES string of the molecule is C=C(C)C(/C=N/NC(N)=O)CC=C(C)C. The van der Waals surface area contributed by atoms with Gasteiger partial charge in [0.25, 0.3) is 0 Å². The van der Waals surface area contributed by atoms with Crippen LogP contribution in [0.25, 0.3) is 0 Å². The number of amides is 2. The molecule has 0 aliphatic heterocycles. The van der Waals surface area contributed by atoms with Crippen molar-refractivity contribution in [3.63, 3.8) is 0 Å². The lowest BCUT2D eigenvalue weighted by molar-refractivity contribution is 0.249. The molecule has 15 heavy (non-hydrogen) atoms. The van der Waals surface area contributed by atoms with E-state index >= 15 is 0 Å². The number of carbonyl (C=O) groups excluding carboxylic acids is 1. The van der Waals surface area contributed by atoms with Crippen LogP contribution in [0.5, 0.6) is 0 Å². The predicted octanol–water partition coefficient (Wildman–Crippen LogP) is 2.19. The molecule has 0 aromatic carbocycles. The maximum atomic E-state index is 10.4. The first-order chi connectivity index (χ1) is 6.93. The summed E-state index contributed by atoms with van der Waals surface area (Å²) in [6, 6.07) is -0.658. The van der Waals surface area contributed by atoms with Crippen LogP contribution in [-0.4, -0.2) is 12.2 Å². The number of nitrogens with one attached hydrogen (secondary N) is 1. The summed E-state index contributed by atoms with van der Waals surface area (Å²) in [6.45, 7) is 9.87. The number of allylic oxidation sites excluding steroid dienone is 3. The highest BCUT2D eigenvalue weighted by Gasteiger charge is 2.04. The molecule has 84 valence electrons. The first kappa shape index (κ1) is 13.4. The lowest BCUT2D eigenvalue weighted by Crippen LogP contribution is -2.25. The lowest BCUT2D eigenvalue weighted by atomic mass is 9.98. The van der Waals surface area contributed by atoms with Crippen LogP contribution >= 0.6 is 0 Å². The quantitative estimate of drug-likeness (QED) is 0.407. The molecule has 0 rings (SSSR count). The van der Waals surface area contributed by atoms with Gasteiger partial charge in [0, 0.05) is 12.1 Å². The molecule has 0 aliphatic rings. The third-order valence-corrected chi connectivity index (χ3v) is 1.84. The normalized spacial score (nSPS) is 12.2. The van der Waals surface area contributed by atoms with Crippen LogP contribution in [0.15, 0.2) is 28.9 Å². The molecular formula is C11H19N3O. The lowest BCUT2D eigenvalue weighted by Gasteiger charge is -2.08. The van der Waals surface area contributed by atoms with E-state index in [4.69, 9.17) is 5.73 Å². The van der Waals surface area contributed by atoms with Gasteiger partial charge >= 0.3 is 6.03 Å². The number of urea groups is 1. The molecule has 0 saturated carbocycles. The summed E-state index contributed by atoms with van der Waals surface area (Å²) in [6.07, 6.45) is 4.59. The van der Waals surface area contributed by atoms with Crippen molar-refractivity contribution in [2.45, 2.75) is 27.2 Å². The Bertz CT molecular complexity index is 288. The minimum atomic E-state index is -0.658. The van der Waals surface area contributed by atoms with Crippen molar-refractivity contribution in [3.05, 3.63) is 23.8 Å². The standard InChI is InChI=1S/C11H19N3O/c1-8(2)5-6-10(9(3)4)7-13-14-11(12)15/h5,7,10H,3,6H2,1-2,4H3,(H3,12,14,15)/b13-7+. The first-order valence-corrected chi connectivity index (χ1v) is 4.81. The molecule has 0 aromatic heterocycles. The Morgan fingerprint density at radius 3 is 2.53 bits per heavy atom. The van der Waals surface area contributed by atoms with Gasteiger partial charge in [-0.15, -0.1) is 0 Å². The van der Waals surface area contributed by atoms with Crippen LogP contribution in [0.1, 0.15) is 27.2 Å². The van der Waals surface area contributed by atoms with Crippen molar-refractivity contribution >= 4 is 12.2 Å². The average Bonchev–Trinajstić information content (AvgIpc) is 2.09. The Morgan fingerprint density at radius 2 is 2.13 bits per heavy atom. The Labute approximate surface area is 90.9 Å². The second kappa shape index (κ2) is 6.81. The van der Waals surface area contributed by atoms with E-state index in [2.05, 4.69) is 23.2 Å². The van der Waals surface area contributed by atoms with E-state index in [0.29, 0.717) is 0 Å². The fourth-order valence-electron chi connectivity index (χ4n) is 0.943. The van der Waals surface area contributed by atoms with E-state index in [1.165, 1.54) is 5.57 Å². The number of hydrazone groups is 1. The van der Waals surface area contributed by atoms with E-state index in [1.54, 1.807) is 6.21 Å². The molecule has 0 spiro atoms. The summed E-state index contributed by atoms with van der Waals surface area (Å²) in [5.74, 6) is 0.131. The monoisotopic (exact) mass is 209 g/mol. The van der Waals surface area contributed by atoms with E-state index < -0.39 is 6.03 Å². The largest absolute Gasteiger partial charge is 0.350 e. The van der Waals surface area contributed by atoms with Gasteiger partial charge in [0.2, 0.25) is 0 Å². The van der Waals surface area contributed by atoms with Gasteiger partial charge in [-0.1, -0.05) is 23.8 Å². The van der Waals surface area contributed by atoms with Gasteiger partial charge in [0.1, 0.15) is 0 Å². The highest BCUT2D eigenvalue weighted by Crippen LogP contribution is 2.12. The van der Waals surface area contributed by atoms with Gasteiger partial charge < -0.3 is 5.73 Å². The molecule has 1 unspecified atom stereocenters. The number of primary amides is 1. The topological polar surface area (TPSA) is 67.5 Å². The molecule has 0 fully saturated rings.